The van der Waals surface area contributed by atoms with Gasteiger partial charge in [-0.15, -0.1) is 0 Å². The number of hydrogen-bond donors (Lipinski definition) is 1. The van der Waals surface area contributed by atoms with Crippen molar-refractivity contribution in [3.05, 3.63) is 23.3 Å². The summed E-state index contributed by atoms with van der Waals surface area (Å²) in [6.45, 7) is 2.07. The van der Waals surface area contributed by atoms with Gasteiger partial charge in [-0.2, -0.15) is 0 Å². The van der Waals surface area contributed by atoms with Crippen LogP contribution in [0, 0.1) is 0 Å². The number of carbonyl (C=O) groups is 1. The van der Waals surface area contributed by atoms with Crippen LogP contribution < -0.4 is 9.47 Å². The van der Waals surface area contributed by atoms with Crippen molar-refractivity contribution in [1.29, 1.82) is 0 Å². The lowest BCUT2D eigenvalue weighted by molar-refractivity contribution is -0.0913. The molecule has 1 saturated heterocycles. The molecule has 24 heavy (non-hydrogen) atoms. The van der Waals surface area contributed by atoms with Crippen LogP contribution in [0.15, 0.2) is 12.1 Å². The Kier molecular flexibility index (Phi) is 5.26. The van der Waals surface area contributed by atoms with E-state index in [1.54, 1.807) is 19.2 Å². The molecule has 1 saturated carbocycles. The Hall–Kier alpha value is -1.79. The van der Waals surface area contributed by atoms with Crippen molar-refractivity contribution >= 4 is 5.97 Å². The number of aromatic carboxylic acids is 1. The van der Waals surface area contributed by atoms with Crippen molar-refractivity contribution in [2.75, 3.05) is 27.4 Å². The van der Waals surface area contributed by atoms with E-state index in [1.165, 1.54) is 20.0 Å². The van der Waals surface area contributed by atoms with Gasteiger partial charge in [0.1, 0.15) is 11.5 Å². The molecular formula is C18H25NO5. The first kappa shape index (κ1) is 17.0. The molecule has 1 N–H and O–H groups in total. The monoisotopic (exact) mass is 335 g/mol. The molecule has 0 spiro atoms. The van der Waals surface area contributed by atoms with Crippen LogP contribution in [0.3, 0.4) is 0 Å². The molecule has 6 heteroatoms. The van der Waals surface area contributed by atoms with E-state index in [4.69, 9.17) is 14.2 Å². The molecule has 0 aromatic heterocycles. The van der Waals surface area contributed by atoms with E-state index in [2.05, 4.69) is 4.90 Å². The molecule has 0 amide bonds. The van der Waals surface area contributed by atoms with Crippen LogP contribution in [0.25, 0.3) is 0 Å². The maximum absolute atomic E-state index is 11.7. The van der Waals surface area contributed by atoms with Crippen molar-refractivity contribution < 1.29 is 24.1 Å². The molecule has 2 aliphatic rings. The number of morpholine rings is 1. The molecular weight excluding hydrogens is 310 g/mol. The standard InChI is InChI=1S/C18H25NO5/c1-22-12-9-13(18(20)21)14(17(10-12)23-2)11-19-7-8-24-16-6-4-3-5-15(16)19/h9-10,15-16H,3-8,11H2,1-2H3,(H,20,21)/t15-,16-/m1/s1. The van der Waals surface area contributed by atoms with Gasteiger partial charge < -0.3 is 19.3 Å². The Morgan fingerprint density at radius 3 is 2.79 bits per heavy atom. The Balaban J connectivity index is 1.91. The Morgan fingerprint density at radius 1 is 1.29 bits per heavy atom. The minimum atomic E-state index is -0.962. The highest BCUT2D eigenvalue weighted by Gasteiger charge is 2.35. The van der Waals surface area contributed by atoms with Gasteiger partial charge in [-0.05, 0) is 18.9 Å². The first-order valence-corrected chi connectivity index (χ1v) is 8.48. The average Bonchev–Trinajstić information content (AvgIpc) is 2.61. The first-order chi connectivity index (χ1) is 11.6. The highest BCUT2D eigenvalue weighted by atomic mass is 16.5. The Morgan fingerprint density at radius 2 is 2.08 bits per heavy atom. The zero-order valence-corrected chi connectivity index (χ0v) is 14.3. The van der Waals surface area contributed by atoms with E-state index in [1.807, 2.05) is 0 Å². The molecule has 1 aromatic rings. The summed E-state index contributed by atoms with van der Waals surface area (Å²) in [4.78, 5) is 14.1. The number of rotatable bonds is 5. The number of fused-ring (bicyclic) bond motifs is 1. The number of benzene rings is 1. The summed E-state index contributed by atoms with van der Waals surface area (Å²) in [6, 6.07) is 3.68. The average molecular weight is 335 g/mol. The molecule has 2 fully saturated rings. The van der Waals surface area contributed by atoms with Gasteiger partial charge in [0.2, 0.25) is 0 Å². The van der Waals surface area contributed by atoms with Crippen molar-refractivity contribution in [2.45, 2.75) is 44.4 Å². The summed E-state index contributed by atoms with van der Waals surface area (Å²) >= 11 is 0. The second kappa shape index (κ2) is 7.40. The van der Waals surface area contributed by atoms with Crippen molar-refractivity contribution in [1.82, 2.24) is 4.90 Å². The predicted octanol–water partition coefficient (Wildman–Crippen LogP) is 2.55. The summed E-state index contributed by atoms with van der Waals surface area (Å²) in [6.07, 6.45) is 4.87. The summed E-state index contributed by atoms with van der Waals surface area (Å²) in [5.74, 6) is 0.0896. The van der Waals surface area contributed by atoms with E-state index in [-0.39, 0.29) is 11.7 Å². The largest absolute Gasteiger partial charge is 0.497 e. The number of hydrogen-bond acceptors (Lipinski definition) is 5. The van der Waals surface area contributed by atoms with E-state index in [0.29, 0.717) is 36.3 Å². The lowest BCUT2D eigenvalue weighted by Crippen LogP contribution is -2.52. The van der Waals surface area contributed by atoms with Crippen LogP contribution in [0.1, 0.15) is 41.6 Å². The normalized spacial score (nSPS) is 24.2. The zero-order valence-electron chi connectivity index (χ0n) is 14.3. The van der Waals surface area contributed by atoms with Crippen LogP contribution in [0.4, 0.5) is 0 Å². The third-order valence-corrected chi connectivity index (χ3v) is 5.08. The van der Waals surface area contributed by atoms with E-state index < -0.39 is 5.97 Å². The van der Waals surface area contributed by atoms with Crippen LogP contribution in [0.5, 0.6) is 11.5 Å². The third-order valence-electron chi connectivity index (χ3n) is 5.08. The molecule has 1 aliphatic heterocycles. The van der Waals surface area contributed by atoms with Crippen LogP contribution in [0.2, 0.25) is 0 Å². The van der Waals surface area contributed by atoms with E-state index in [0.717, 1.165) is 19.4 Å². The fraction of sp³-hybridized carbons (Fsp3) is 0.611. The zero-order chi connectivity index (χ0) is 17.1. The number of carboxylic acid groups (broad SMARTS) is 1. The minimum Gasteiger partial charge on any atom is -0.497 e. The second-order valence-electron chi connectivity index (χ2n) is 6.39. The molecule has 132 valence electrons. The SMILES string of the molecule is COc1cc(OC)c(CN2CCO[C@@H]3CCCC[C@H]32)c(C(=O)O)c1. The van der Waals surface area contributed by atoms with Gasteiger partial charge in [0.25, 0.3) is 0 Å². The first-order valence-electron chi connectivity index (χ1n) is 8.48. The minimum absolute atomic E-state index is 0.241. The summed E-state index contributed by atoms with van der Waals surface area (Å²) in [7, 11) is 3.08. The van der Waals surface area contributed by atoms with Crippen molar-refractivity contribution in [2.24, 2.45) is 0 Å². The predicted molar refractivity (Wildman–Crippen MR) is 88.9 cm³/mol. The van der Waals surface area contributed by atoms with E-state index >= 15 is 0 Å². The Labute approximate surface area is 142 Å². The van der Waals surface area contributed by atoms with Gasteiger partial charge in [-0.1, -0.05) is 12.8 Å². The molecule has 1 heterocycles. The van der Waals surface area contributed by atoms with Crippen molar-refractivity contribution in [3.63, 3.8) is 0 Å². The number of carboxylic acids is 1. The smallest absolute Gasteiger partial charge is 0.336 e. The summed E-state index contributed by atoms with van der Waals surface area (Å²) in [5, 5.41) is 9.61. The van der Waals surface area contributed by atoms with Gasteiger partial charge in [0.15, 0.2) is 0 Å². The number of nitrogens with zero attached hydrogens (tertiary/aromatic N) is 1. The number of ether oxygens (including phenoxy) is 3. The molecule has 1 aliphatic carbocycles. The fourth-order valence-corrected chi connectivity index (χ4v) is 3.85. The molecule has 3 rings (SSSR count). The van der Waals surface area contributed by atoms with Gasteiger partial charge in [-0.3, -0.25) is 4.90 Å². The lowest BCUT2D eigenvalue weighted by Gasteiger charge is -2.44. The van der Waals surface area contributed by atoms with Crippen LogP contribution >= 0.6 is 0 Å². The maximum atomic E-state index is 11.7. The topological polar surface area (TPSA) is 68.2 Å². The van der Waals surface area contributed by atoms with E-state index in [9.17, 15) is 9.90 Å². The van der Waals surface area contributed by atoms with Crippen molar-refractivity contribution in [3.8, 4) is 11.5 Å². The highest BCUT2D eigenvalue weighted by molar-refractivity contribution is 5.91. The van der Waals surface area contributed by atoms with Gasteiger partial charge >= 0.3 is 5.97 Å². The quantitative estimate of drug-likeness (QED) is 0.892. The second-order valence-corrected chi connectivity index (χ2v) is 6.39. The molecule has 0 unspecified atom stereocenters. The van der Waals surface area contributed by atoms with Crippen LogP contribution in [-0.4, -0.2) is 55.5 Å². The van der Waals surface area contributed by atoms with Gasteiger partial charge in [0.05, 0.1) is 32.5 Å². The molecule has 0 radical (unpaired) electrons. The highest BCUT2D eigenvalue weighted by Crippen LogP contribution is 2.34. The Bertz CT molecular complexity index is 601. The third kappa shape index (κ3) is 3.35. The van der Waals surface area contributed by atoms with Gasteiger partial charge in [0, 0.05) is 30.8 Å². The summed E-state index contributed by atoms with van der Waals surface area (Å²) < 4.78 is 16.6. The molecule has 1 aromatic carbocycles. The van der Waals surface area contributed by atoms with Crippen LogP contribution in [-0.2, 0) is 11.3 Å². The lowest BCUT2D eigenvalue weighted by atomic mass is 9.89. The fourth-order valence-electron chi connectivity index (χ4n) is 3.85. The summed E-state index contributed by atoms with van der Waals surface area (Å²) in [5.41, 5.74) is 0.946. The number of methoxy groups -OCH3 is 2. The molecule has 6 nitrogen and oxygen atoms in total. The molecule has 0 bridgehead atoms. The maximum Gasteiger partial charge on any atom is 0.336 e. The molecule has 2 atom stereocenters. The van der Waals surface area contributed by atoms with Gasteiger partial charge in [-0.25, -0.2) is 4.79 Å².